The van der Waals surface area contributed by atoms with Gasteiger partial charge < -0.3 is 4.90 Å². The van der Waals surface area contributed by atoms with Gasteiger partial charge >= 0.3 is 5.76 Å². The van der Waals surface area contributed by atoms with E-state index < -0.39 is 31.1 Å². The Morgan fingerprint density at radius 3 is 2.52 bits per heavy atom. The van der Waals surface area contributed by atoms with E-state index in [0.717, 1.165) is 37.8 Å². The Labute approximate surface area is 132 Å². The molecule has 1 aliphatic carbocycles. The lowest BCUT2D eigenvalue weighted by Gasteiger charge is -2.34. The summed E-state index contributed by atoms with van der Waals surface area (Å²) >= 11 is 0. The molecule has 1 spiro atoms. The van der Waals surface area contributed by atoms with Crippen molar-refractivity contribution in [3.05, 3.63) is 28.3 Å². The first kappa shape index (κ1) is 16.1. The standard InChI is InChI=1S/C14H16F2N2O4S/c15-13(16)23(21,22)10-2-3-11(12(8-10)18(19)20)17-7-1-4-14(9-17)5-6-14/h2-3,8,13H,1,4-7,9H2. The molecule has 6 nitrogen and oxygen atoms in total. The molecular formula is C14H16F2N2O4S. The maximum absolute atomic E-state index is 12.6. The number of nitro groups is 1. The Kier molecular flexibility index (Phi) is 3.78. The number of halogens is 2. The molecular weight excluding hydrogens is 330 g/mol. The van der Waals surface area contributed by atoms with Crippen LogP contribution in [0.5, 0.6) is 0 Å². The molecule has 2 aliphatic rings. The molecule has 1 heterocycles. The molecule has 1 aromatic carbocycles. The molecule has 9 heteroatoms. The second-order valence-electron chi connectivity index (χ2n) is 6.24. The number of hydrogen-bond donors (Lipinski definition) is 0. The third-order valence-corrected chi connectivity index (χ3v) is 6.05. The van der Waals surface area contributed by atoms with Gasteiger partial charge in [0.05, 0.1) is 9.82 Å². The number of piperidine rings is 1. The third kappa shape index (κ3) is 2.89. The Balaban J connectivity index is 1.99. The molecule has 0 unspecified atom stereocenters. The van der Waals surface area contributed by atoms with Crippen molar-refractivity contribution in [2.24, 2.45) is 5.41 Å². The van der Waals surface area contributed by atoms with E-state index in [0.29, 0.717) is 18.8 Å². The molecule has 0 amide bonds. The van der Waals surface area contributed by atoms with Crippen LogP contribution in [0.2, 0.25) is 0 Å². The Morgan fingerprint density at radius 2 is 1.96 bits per heavy atom. The minimum atomic E-state index is -4.85. The summed E-state index contributed by atoms with van der Waals surface area (Å²) in [4.78, 5) is 11.7. The first-order chi connectivity index (χ1) is 10.8. The highest BCUT2D eigenvalue weighted by Gasteiger charge is 2.46. The molecule has 0 atom stereocenters. The molecule has 0 bridgehead atoms. The van der Waals surface area contributed by atoms with Gasteiger partial charge in [-0.1, -0.05) is 0 Å². The summed E-state index contributed by atoms with van der Waals surface area (Å²) < 4.78 is 48.3. The van der Waals surface area contributed by atoms with E-state index in [4.69, 9.17) is 0 Å². The lowest BCUT2D eigenvalue weighted by Crippen LogP contribution is -2.36. The van der Waals surface area contributed by atoms with Crippen molar-refractivity contribution < 1.29 is 22.1 Å². The number of nitro benzene ring substituents is 1. The minimum Gasteiger partial charge on any atom is -0.365 e. The fourth-order valence-electron chi connectivity index (χ4n) is 3.20. The molecule has 0 aromatic heterocycles. The van der Waals surface area contributed by atoms with Gasteiger partial charge in [-0.15, -0.1) is 0 Å². The maximum atomic E-state index is 12.6. The molecule has 2 fully saturated rings. The zero-order valence-electron chi connectivity index (χ0n) is 12.2. The Bertz CT molecular complexity index is 747. The number of alkyl halides is 2. The average molecular weight is 346 g/mol. The zero-order valence-corrected chi connectivity index (χ0v) is 13.1. The molecule has 23 heavy (non-hydrogen) atoms. The van der Waals surface area contributed by atoms with E-state index in [1.165, 1.54) is 6.07 Å². The second-order valence-corrected chi connectivity index (χ2v) is 8.16. The number of rotatable bonds is 4. The summed E-state index contributed by atoms with van der Waals surface area (Å²) in [5, 5.41) is 11.3. The van der Waals surface area contributed by atoms with Crippen LogP contribution >= 0.6 is 0 Å². The lowest BCUT2D eigenvalue weighted by molar-refractivity contribution is -0.384. The van der Waals surface area contributed by atoms with E-state index in [1.54, 1.807) is 0 Å². The van der Waals surface area contributed by atoms with Gasteiger partial charge in [0, 0.05) is 19.2 Å². The highest BCUT2D eigenvalue weighted by molar-refractivity contribution is 7.91. The van der Waals surface area contributed by atoms with Gasteiger partial charge in [-0.3, -0.25) is 10.1 Å². The lowest BCUT2D eigenvalue weighted by atomic mass is 9.94. The van der Waals surface area contributed by atoms with E-state index >= 15 is 0 Å². The second kappa shape index (κ2) is 5.40. The predicted octanol–water partition coefficient (Wildman–Crippen LogP) is 2.97. The normalized spacial score (nSPS) is 20.0. The molecule has 0 N–H and O–H groups in total. The van der Waals surface area contributed by atoms with Crippen molar-refractivity contribution in [2.45, 2.75) is 36.3 Å². The van der Waals surface area contributed by atoms with Crippen LogP contribution in [0, 0.1) is 15.5 Å². The number of nitrogens with zero attached hydrogens (tertiary/aromatic N) is 2. The van der Waals surface area contributed by atoms with Crippen molar-refractivity contribution in [1.29, 1.82) is 0 Å². The van der Waals surface area contributed by atoms with Gasteiger partial charge in [-0.25, -0.2) is 8.42 Å². The van der Waals surface area contributed by atoms with Gasteiger partial charge in [0.15, 0.2) is 0 Å². The summed E-state index contributed by atoms with van der Waals surface area (Å²) in [6, 6.07) is 3.04. The van der Waals surface area contributed by atoms with E-state index in [9.17, 15) is 27.3 Å². The molecule has 126 valence electrons. The molecule has 1 saturated carbocycles. The number of hydrogen-bond acceptors (Lipinski definition) is 5. The number of sulfone groups is 1. The van der Waals surface area contributed by atoms with Crippen LogP contribution in [-0.4, -0.2) is 32.2 Å². The predicted molar refractivity (Wildman–Crippen MR) is 79.4 cm³/mol. The number of anilines is 1. The van der Waals surface area contributed by atoms with Crippen LogP contribution in [0.4, 0.5) is 20.2 Å². The van der Waals surface area contributed by atoms with Crippen LogP contribution in [0.3, 0.4) is 0 Å². The van der Waals surface area contributed by atoms with Crippen molar-refractivity contribution >= 4 is 21.2 Å². The van der Waals surface area contributed by atoms with Crippen LogP contribution in [-0.2, 0) is 9.84 Å². The van der Waals surface area contributed by atoms with Crippen LogP contribution in [0.1, 0.15) is 25.7 Å². The van der Waals surface area contributed by atoms with Crippen molar-refractivity contribution in [3.63, 3.8) is 0 Å². The summed E-state index contributed by atoms with van der Waals surface area (Å²) in [5.41, 5.74) is 0.0819. The molecule has 0 radical (unpaired) electrons. The highest BCUT2D eigenvalue weighted by atomic mass is 32.2. The topological polar surface area (TPSA) is 80.5 Å². The van der Waals surface area contributed by atoms with Crippen molar-refractivity contribution in [2.75, 3.05) is 18.0 Å². The first-order valence-corrected chi connectivity index (χ1v) is 8.85. The van der Waals surface area contributed by atoms with Gasteiger partial charge in [-0.2, -0.15) is 8.78 Å². The monoisotopic (exact) mass is 346 g/mol. The van der Waals surface area contributed by atoms with Crippen molar-refractivity contribution in [1.82, 2.24) is 0 Å². The van der Waals surface area contributed by atoms with E-state index in [1.807, 2.05) is 4.90 Å². The maximum Gasteiger partial charge on any atom is 0.341 e. The summed E-state index contributed by atoms with van der Waals surface area (Å²) in [7, 11) is -4.85. The zero-order chi connectivity index (χ0) is 16.8. The smallest absolute Gasteiger partial charge is 0.341 e. The molecule has 1 aromatic rings. The fourth-order valence-corrected chi connectivity index (χ4v) is 3.93. The Morgan fingerprint density at radius 1 is 1.26 bits per heavy atom. The Hall–Kier alpha value is -1.77. The fraction of sp³-hybridized carbons (Fsp3) is 0.571. The van der Waals surface area contributed by atoms with E-state index in [2.05, 4.69) is 0 Å². The highest BCUT2D eigenvalue weighted by Crippen LogP contribution is 2.53. The third-order valence-electron chi connectivity index (χ3n) is 4.67. The van der Waals surface area contributed by atoms with Crippen LogP contribution in [0.25, 0.3) is 0 Å². The summed E-state index contributed by atoms with van der Waals surface area (Å²) in [6.45, 7) is 1.33. The summed E-state index contributed by atoms with van der Waals surface area (Å²) in [6.07, 6.45) is 4.19. The molecule has 1 aliphatic heterocycles. The van der Waals surface area contributed by atoms with Gasteiger partial charge in [-0.05, 0) is 43.2 Å². The molecule has 3 rings (SSSR count). The first-order valence-electron chi connectivity index (χ1n) is 7.31. The van der Waals surface area contributed by atoms with Gasteiger partial charge in [0.1, 0.15) is 5.69 Å². The van der Waals surface area contributed by atoms with Crippen LogP contribution in [0.15, 0.2) is 23.1 Å². The molecule has 1 saturated heterocycles. The largest absolute Gasteiger partial charge is 0.365 e. The van der Waals surface area contributed by atoms with E-state index in [-0.39, 0.29) is 5.41 Å². The SMILES string of the molecule is O=[N+]([O-])c1cc(S(=O)(=O)C(F)F)ccc1N1CCCC2(CC2)C1. The number of benzene rings is 1. The summed E-state index contributed by atoms with van der Waals surface area (Å²) in [5.74, 6) is -3.60. The quantitative estimate of drug-likeness (QED) is 0.618. The van der Waals surface area contributed by atoms with Gasteiger partial charge in [0.2, 0.25) is 9.84 Å². The van der Waals surface area contributed by atoms with Gasteiger partial charge in [0.25, 0.3) is 5.69 Å². The van der Waals surface area contributed by atoms with Crippen molar-refractivity contribution in [3.8, 4) is 0 Å². The average Bonchev–Trinajstić information content (AvgIpc) is 3.25. The van der Waals surface area contributed by atoms with Crippen LogP contribution < -0.4 is 4.90 Å². The minimum absolute atomic E-state index is 0.222.